The second kappa shape index (κ2) is 11.6. The van der Waals surface area contributed by atoms with Gasteiger partial charge in [0, 0.05) is 57.7 Å². The number of amides is 1. The Bertz CT molecular complexity index is 629. The number of carbonyl (C=O) groups excluding carboxylic acids is 1. The van der Waals surface area contributed by atoms with Gasteiger partial charge in [-0.2, -0.15) is 0 Å². The Morgan fingerprint density at radius 3 is 2.44 bits per heavy atom. The second-order valence-corrected chi connectivity index (χ2v) is 9.66. The van der Waals surface area contributed by atoms with Gasteiger partial charge in [-0.25, -0.2) is 0 Å². The first-order chi connectivity index (χ1) is 12.4. The minimum absolute atomic E-state index is 0. The monoisotopic (exact) mass is 571 g/mol. The van der Waals surface area contributed by atoms with Crippen LogP contribution in [0.2, 0.25) is 0 Å². The lowest BCUT2D eigenvalue weighted by atomic mass is 9.92. The number of aliphatic imine (C=N–C) groups is 1. The molecule has 1 aromatic heterocycles. The highest BCUT2D eigenvalue weighted by Crippen LogP contribution is 2.23. The van der Waals surface area contributed by atoms with Crippen LogP contribution >= 0.6 is 51.2 Å². The zero-order valence-electron chi connectivity index (χ0n) is 16.5. The Labute approximate surface area is 192 Å². The Morgan fingerprint density at radius 1 is 1.26 bits per heavy atom. The molecule has 0 spiro atoms. The lowest BCUT2D eigenvalue weighted by Gasteiger charge is -2.37. The molecular formula is C18H31BrIN5OS. The summed E-state index contributed by atoms with van der Waals surface area (Å²) in [5.74, 6) is 0.941. The summed E-state index contributed by atoms with van der Waals surface area (Å²) in [6, 6.07) is 4.30. The van der Waals surface area contributed by atoms with Gasteiger partial charge in [-0.1, -0.05) is 0 Å². The van der Waals surface area contributed by atoms with Crippen molar-refractivity contribution in [3.8, 4) is 0 Å². The summed E-state index contributed by atoms with van der Waals surface area (Å²) in [6.07, 6.45) is 0. The Hall–Kier alpha value is -0.390. The summed E-state index contributed by atoms with van der Waals surface area (Å²) < 4.78 is 1.19. The predicted octanol–water partition coefficient (Wildman–Crippen LogP) is 2.98. The van der Waals surface area contributed by atoms with E-state index in [0.29, 0.717) is 13.1 Å². The fraction of sp³-hybridized carbons (Fsp3) is 0.667. The van der Waals surface area contributed by atoms with Crippen LogP contribution in [0, 0.1) is 5.41 Å². The Balaban J connectivity index is 0.00000364. The van der Waals surface area contributed by atoms with Gasteiger partial charge < -0.3 is 15.5 Å². The van der Waals surface area contributed by atoms with Crippen molar-refractivity contribution in [2.24, 2.45) is 10.4 Å². The third-order valence-electron chi connectivity index (χ3n) is 4.53. The molecule has 0 unspecified atom stereocenters. The van der Waals surface area contributed by atoms with E-state index in [0.717, 1.165) is 38.7 Å². The maximum absolute atomic E-state index is 12.1. The summed E-state index contributed by atoms with van der Waals surface area (Å²) in [6.45, 7) is 12.0. The van der Waals surface area contributed by atoms with Crippen LogP contribution in [0.1, 0.15) is 25.6 Å². The van der Waals surface area contributed by atoms with Gasteiger partial charge in [0.2, 0.25) is 5.91 Å². The van der Waals surface area contributed by atoms with E-state index in [1.165, 1.54) is 8.66 Å². The number of guanidine groups is 1. The minimum atomic E-state index is -0.472. The average molecular weight is 572 g/mol. The van der Waals surface area contributed by atoms with Gasteiger partial charge in [-0.15, -0.1) is 35.3 Å². The number of halogens is 2. The van der Waals surface area contributed by atoms with Crippen molar-refractivity contribution in [1.29, 1.82) is 0 Å². The van der Waals surface area contributed by atoms with Gasteiger partial charge in [0.15, 0.2) is 5.96 Å². The van der Waals surface area contributed by atoms with Crippen LogP contribution in [0.4, 0.5) is 0 Å². The molecular weight excluding hydrogens is 541 g/mol. The molecule has 1 aliphatic rings. The minimum Gasteiger partial charge on any atom is -0.356 e. The first-order valence-corrected chi connectivity index (χ1v) is 10.7. The third kappa shape index (κ3) is 7.51. The van der Waals surface area contributed by atoms with Crippen LogP contribution in [-0.4, -0.2) is 68.0 Å². The van der Waals surface area contributed by atoms with Gasteiger partial charge in [0.25, 0.3) is 0 Å². The van der Waals surface area contributed by atoms with E-state index in [9.17, 15) is 4.79 Å². The molecule has 1 amide bonds. The largest absolute Gasteiger partial charge is 0.356 e. The highest BCUT2D eigenvalue weighted by molar-refractivity contribution is 14.0. The molecule has 2 N–H and O–H groups in total. The van der Waals surface area contributed by atoms with Crippen molar-refractivity contribution in [2.45, 2.75) is 27.3 Å². The molecule has 9 heteroatoms. The topological polar surface area (TPSA) is 60.0 Å². The van der Waals surface area contributed by atoms with Gasteiger partial charge in [-0.3, -0.25) is 14.7 Å². The molecule has 0 radical (unpaired) electrons. The molecule has 0 atom stereocenters. The first kappa shape index (κ1) is 24.6. The fourth-order valence-corrected chi connectivity index (χ4v) is 4.41. The van der Waals surface area contributed by atoms with Gasteiger partial charge in [-0.05, 0) is 48.8 Å². The van der Waals surface area contributed by atoms with Crippen LogP contribution in [0.3, 0.4) is 0 Å². The molecule has 154 valence electrons. The number of carbonyl (C=O) groups is 1. The molecule has 27 heavy (non-hydrogen) atoms. The lowest BCUT2D eigenvalue weighted by Crippen LogP contribution is -2.54. The Kier molecular flexibility index (Phi) is 10.6. The molecule has 0 aromatic carbocycles. The van der Waals surface area contributed by atoms with Crippen molar-refractivity contribution >= 4 is 63.1 Å². The normalized spacial score (nSPS) is 16.0. The molecule has 1 aliphatic heterocycles. The van der Waals surface area contributed by atoms with E-state index in [4.69, 9.17) is 0 Å². The summed E-state index contributed by atoms with van der Waals surface area (Å²) in [7, 11) is 1.80. The molecule has 1 fully saturated rings. The highest BCUT2D eigenvalue weighted by atomic mass is 127. The molecule has 0 bridgehead atoms. The van der Waals surface area contributed by atoms with Gasteiger partial charge in [0.05, 0.1) is 9.20 Å². The van der Waals surface area contributed by atoms with E-state index in [-0.39, 0.29) is 29.9 Å². The predicted molar refractivity (Wildman–Crippen MR) is 128 cm³/mol. The van der Waals surface area contributed by atoms with Crippen LogP contribution < -0.4 is 10.6 Å². The summed E-state index contributed by atoms with van der Waals surface area (Å²) in [5.41, 5.74) is -0.472. The maximum Gasteiger partial charge on any atom is 0.227 e. The summed E-state index contributed by atoms with van der Waals surface area (Å²) in [4.78, 5) is 22.7. The van der Waals surface area contributed by atoms with Crippen LogP contribution in [0.5, 0.6) is 0 Å². The van der Waals surface area contributed by atoms with Crippen molar-refractivity contribution in [1.82, 2.24) is 20.4 Å². The van der Waals surface area contributed by atoms with Crippen molar-refractivity contribution in [3.05, 3.63) is 20.8 Å². The first-order valence-electron chi connectivity index (χ1n) is 9.06. The number of rotatable bonds is 6. The molecule has 1 saturated heterocycles. The van der Waals surface area contributed by atoms with E-state index in [1.807, 2.05) is 20.8 Å². The standard InChI is InChI=1S/C18H30BrN5OS.HI/c1-5-21-16(25)18(2,3)13-22-17(20-4)24-10-8-23(9-11-24)12-14-6-7-15(19)26-14;/h6-7H,5,8-13H2,1-4H3,(H,20,22)(H,21,25);1H. The zero-order chi connectivity index (χ0) is 19.2. The molecule has 6 nitrogen and oxygen atoms in total. The molecule has 2 heterocycles. The van der Waals surface area contributed by atoms with Crippen LogP contribution in [0.25, 0.3) is 0 Å². The number of hydrogen-bond acceptors (Lipinski definition) is 4. The molecule has 0 aliphatic carbocycles. The van der Waals surface area contributed by atoms with E-state index < -0.39 is 5.41 Å². The molecule has 1 aromatic rings. The third-order valence-corrected chi connectivity index (χ3v) is 6.14. The number of nitrogens with zero attached hydrogens (tertiary/aromatic N) is 3. The summed E-state index contributed by atoms with van der Waals surface area (Å²) in [5, 5.41) is 6.28. The lowest BCUT2D eigenvalue weighted by molar-refractivity contribution is -0.128. The van der Waals surface area contributed by atoms with E-state index in [2.05, 4.69) is 53.5 Å². The SMILES string of the molecule is CCNC(=O)C(C)(C)CNC(=NC)N1CCN(Cc2ccc(Br)s2)CC1.I. The number of piperazine rings is 1. The highest BCUT2D eigenvalue weighted by Gasteiger charge is 2.28. The maximum atomic E-state index is 12.1. The van der Waals surface area contributed by atoms with Crippen molar-refractivity contribution < 1.29 is 4.79 Å². The second-order valence-electron chi connectivity index (χ2n) is 7.11. The smallest absolute Gasteiger partial charge is 0.227 e. The number of nitrogens with one attached hydrogen (secondary N) is 2. The van der Waals surface area contributed by atoms with Gasteiger partial charge in [0.1, 0.15) is 0 Å². The van der Waals surface area contributed by atoms with Crippen LogP contribution in [-0.2, 0) is 11.3 Å². The summed E-state index contributed by atoms with van der Waals surface area (Å²) >= 11 is 5.33. The number of thiophene rings is 1. The van der Waals surface area contributed by atoms with E-state index >= 15 is 0 Å². The van der Waals surface area contributed by atoms with Crippen molar-refractivity contribution in [2.75, 3.05) is 46.3 Å². The number of hydrogen-bond donors (Lipinski definition) is 2. The zero-order valence-corrected chi connectivity index (χ0v) is 21.3. The Morgan fingerprint density at radius 2 is 1.93 bits per heavy atom. The fourth-order valence-electron chi connectivity index (χ4n) is 2.89. The average Bonchev–Trinajstić information content (AvgIpc) is 3.02. The van der Waals surface area contributed by atoms with Gasteiger partial charge >= 0.3 is 0 Å². The van der Waals surface area contributed by atoms with Crippen molar-refractivity contribution in [3.63, 3.8) is 0 Å². The molecule has 0 saturated carbocycles. The quantitative estimate of drug-likeness (QED) is 0.313. The molecule has 2 rings (SSSR count). The van der Waals surface area contributed by atoms with Crippen LogP contribution in [0.15, 0.2) is 20.9 Å². The van der Waals surface area contributed by atoms with E-state index in [1.54, 1.807) is 18.4 Å².